The van der Waals surface area contributed by atoms with E-state index in [-0.39, 0.29) is 17.1 Å². The van der Waals surface area contributed by atoms with E-state index in [2.05, 4.69) is 0 Å². The van der Waals surface area contributed by atoms with Gasteiger partial charge in [-0.25, -0.2) is 13.2 Å². The molecule has 0 aromatic heterocycles. The maximum Gasteiger partial charge on any atom is 0.168 e. The fraction of sp³-hybridized carbons (Fsp3) is 0.143. The Labute approximate surface area is 108 Å². The summed E-state index contributed by atoms with van der Waals surface area (Å²) in [6.07, 6.45) is -0.948. The van der Waals surface area contributed by atoms with Gasteiger partial charge >= 0.3 is 0 Å². The number of aliphatic hydroxyl groups excluding tert-OH is 1. The lowest BCUT2D eigenvalue weighted by molar-refractivity contribution is 0.194. The van der Waals surface area contributed by atoms with Crippen molar-refractivity contribution in [2.75, 3.05) is 0 Å². The molecular formula is C14H11F3O2. The quantitative estimate of drug-likeness (QED) is 0.913. The highest BCUT2D eigenvalue weighted by atomic mass is 19.2. The lowest BCUT2D eigenvalue weighted by Crippen LogP contribution is -1.99. The standard InChI is InChI=1S/C14H11F3O2/c1-8(18)10-3-2-4-12(16)14(10)19-9-5-6-11(15)13(17)7-9/h2-8,18H,1H3/t8-/m1/s1. The minimum absolute atomic E-state index is 0.0501. The molecule has 0 amide bonds. The van der Waals surface area contributed by atoms with Gasteiger partial charge in [-0.15, -0.1) is 0 Å². The van der Waals surface area contributed by atoms with Crippen molar-refractivity contribution in [1.82, 2.24) is 0 Å². The zero-order valence-corrected chi connectivity index (χ0v) is 10.0. The van der Waals surface area contributed by atoms with E-state index in [1.54, 1.807) is 0 Å². The fourth-order valence-corrected chi connectivity index (χ4v) is 1.62. The van der Waals surface area contributed by atoms with Crippen molar-refractivity contribution >= 4 is 0 Å². The molecule has 0 saturated heterocycles. The molecule has 0 fully saturated rings. The predicted molar refractivity (Wildman–Crippen MR) is 63.5 cm³/mol. The molecule has 0 unspecified atom stereocenters. The average Bonchev–Trinajstić information content (AvgIpc) is 2.36. The molecule has 1 N–H and O–H groups in total. The van der Waals surface area contributed by atoms with Gasteiger partial charge in [0.2, 0.25) is 0 Å². The zero-order chi connectivity index (χ0) is 14.0. The number of hydrogen-bond acceptors (Lipinski definition) is 2. The first-order valence-electron chi connectivity index (χ1n) is 5.58. The number of aliphatic hydroxyl groups is 1. The molecule has 2 rings (SSSR count). The Morgan fingerprint density at radius 3 is 2.37 bits per heavy atom. The van der Waals surface area contributed by atoms with Gasteiger partial charge in [0.05, 0.1) is 6.10 Å². The number of para-hydroxylation sites is 1. The third-order valence-corrected chi connectivity index (χ3v) is 2.56. The maximum atomic E-state index is 13.7. The smallest absolute Gasteiger partial charge is 0.168 e. The molecule has 0 radical (unpaired) electrons. The van der Waals surface area contributed by atoms with Gasteiger partial charge in [-0.2, -0.15) is 0 Å². The summed E-state index contributed by atoms with van der Waals surface area (Å²) < 4.78 is 44.7. The van der Waals surface area contributed by atoms with Crippen LogP contribution in [-0.4, -0.2) is 5.11 Å². The molecule has 19 heavy (non-hydrogen) atoms. The van der Waals surface area contributed by atoms with E-state index in [1.807, 2.05) is 0 Å². The summed E-state index contributed by atoms with van der Waals surface area (Å²) in [5, 5.41) is 9.52. The minimum Gasteiger partial charge on any atom is -0.454 e. The largest absolute Gasteiger partial charge is 0.454 e. The van der Waals surface area contributed by atoms with E-state index in [0.717, 1.165) is 18.2 Å². The minimum atomic E-state index is -1.09. The van der Waals surface area contributed by atoms with E-state index < -0.39 is 23.6 Å². The zero-order valence-electron chi connectivity index (χ0n) is 10.0. The molecule has 2 aromatic rings. The highest BCUT2D eigenvalue weighted by Crippen LogP contribution is 2.32. The summed E-state index contributed by atoms with van der Waals surface area (Å²) in [7, 11) is 0. The van der Waals surface area contributed by atoms with Crippen LogP contribution in [0.5, 0.6) is 11.5 Å². The van der Waals surface area contributed by atoms with E-state index in [0.29, 0.717) is 0 Å². The predicted octanol–water partition coefficient (Wildman–Crippen LogP) is 3.95. The van der Waals surface area contributed by atoms with Crippen LogP contribution in [0.4, 0.5) is 13.2 Å². The second-order valence-corrected chi connectivity index (χ2v) is 4.01. The first kappa shape index (κ1) is 13.4. The second-order valence-electron chi connectivity index (χ2n) is 4.01. The van der Waals surface area contributed by atoms with Crippen LogP contribution in [0.3, 0.4) is 0 Å². The van der Waals surface area contributed by atoms with Crippen molar-refractivity contribution in [3.63, 3.8) is 0 Å². The van der Waals surface area contributed by atoms with E-state index >= 15 is 0 Å². The Hall–Kier alpha value is -2.01. The van der Waals surface area contributed by atoms with Crippen LogP contribution in [-0.2, 0) is 0 Å². The van der Waals surface area contributed by atoms with E-state index in [4.69, 9.17) is 4.74 Å². The van der Waals surface area contributed by atoms with Crippen molar-refractivity contribution in [1.29, 1.82) is 0 Å². The summed E-state index contributed by atoms with van der Waals surface area (Å²) in [6, 6.07) is 6.94. The average molecular weight is 268 g/mol. The Bertz CT molecular complexity index is 597. The van der Waals surface area contributed by atoms with Gasteiger partial charge in [0.25, 0.3) is 0 Å². The molecule has 0 aliphatic carbocycles. The second kappa shape index (κ2) is 5.32. The van der Waals surface area contributed by atoms with Crippen molar-refractivity contribution < 1.29 is 23.0 Å². The number of hydrogen-bond donors (Lipinski definition) is 1. The number of benzene rings is 2. The normalized spacial score (nSPS) is 12.3. The molecule has 100 valence electrons. The van der Waals surface area contributed by atoms with Crippen molar-refractivity contribution in [2.24, 2.45) is 0 Å². The van der Waals surface area contributed by atoms with Crippen LogP contribution in [0.1, 0.15) is 18.6 Å². The number of halogens is 3. The van der Waals surface area contributed by atoms with Crippen LogP contribution in [0.15, 0.2) is 36.4 Å². The maximum absolute atomic E-state index is 13.7. The first-order valence-corrected chi connectivity index (χ1v) is 5.58. The Kier molecular flexibility index (Phi) is 3.76. The Balaban J connectivity index is 2.40. The van der Waals surface area contributed by atoms with Crippen LogP contribution in [0.25, 0.3) is 0 Å². The fourth-order valence-electron chi connectivity index (χ4n) is 1.62. The Morgan fingerprint density at radius 1 is 1.00 bits per heavy atom. The Morgan fingerprint density at radius 2 is 1.74 bits per heavy atom. The third kappa shape index (κ3) is 2.88. The van der Waals surface area contributed by atoms with Crippen molar-refractivity contribution in [2.45, 2.75) is 13.0 Å². The summed E-state index contributed by atoms with van der Waals surface area (Å²) in [5.41, 5.74) is 0.227. The van der Waals surface area contributed by atoms with Crippen molar-refractivity contribution in [3.8, 4) is 11.5 Å². The lowest BCUT2D eigenvalue weighted by Gasteiger charge is -2.13. The van der Waals surface area contributed by atoms with Crippen LogP contribution < -0.4 is 4.74 Å². The molecule has 0 spiro atoms. The van der Waals surface area contributed by atoms with Gasteiger partial charge in [-0.3, -0.25) is 0 Å². The number of rotatable bonds is 3. The molecule has 1 atom stereocenters. The van der Waals surface area contributed by atoms with E-state index in [9.17, 15) is 18.3 Å². The lowest BCUT2D eigenvalue weighted by atomic mass is 10.1. The molecule has 0 bridgehead atoms. The molecule has 2 nitrogen and oxygen atoms in total. The molecule has 0 heterocycles. The third-order valence-electron chi connectivity index (χ3n) is 2.56. The van der Waals surface area contributed by atoms with Crippen LogP contribution in [0, 0.1) is 17.5 Å². The van der Waals surface area contributed by atoms with Crippen LogP contribution in [0.2, 0.25) is 0 Å². The molecule has 5 heteroatoms. The topological polar surface area (TPSA) is 29.5 Å². The van der Waals surface area contributed by atoms with Gasteiger partial charge in [0.15, 0.2) is 23.2 Å². The van der Waals surface area contributed by atoms with Gasteiger partial charge in [-0.1, -0.05) is 12.1 Å². The molecule has 0 saturated carbocycles. The van der Waals surface area contributed by atoms with Crippen LogP contribution >= 0.6 is 0 Å². The number of ether oxygens (including phenoxy) is 1. The van der Waals surface area contributed by atoms with Gasteiger partial charge in [0.1, 0.15) is 5.75 Å². The van der Waals surface area contributed by atoms with Crippen molar-refractivity contribution in [3.05, 3.63) is 59.4 Å². The van der Waals surface area contributed by atoms with Gasteiger partial charge in [0, 0.05) is 11.6 Å². The van der Waals surface area contributed by atoms with Gasteiger partial charge in [-0.05, 0) is 25.1 Å². The summed E-state index contributed by atoms with van der Waals surface area (Å²) >= 11 is 0. The highest BCUT2D eigenvalue weighted by molar-refractivity contribution is 5.40. The monoisotopic (exact) mass is 268 g/mol. The SMILES string of the molecule is C[C@@H](O)c1cccc(F)c1Oc1ccc(F)c(F)c1. The summed E-state index contributed by atoms with van der Waals surface area (Å²) in [4.78, 5) is 0. The first-order chi connectivity index (χ1) is 8.99. The summed E-state index contributed by atoms with van der Waals surface area (Å²) in [6.45, 7) is 1.45. The molecule has 0 aliphatic heterocycles. The highest BCUT2D eigenvalue weighted by Gasteiger charge is 2.15. The molecule has 2 aromatic carbocycles. The molecule has 0 aliphatic rings. The van der Waals surface area contributed by atoms with Gasteiger partial charge < -0.3 is 9.84 Å². The molecular weight excluding hydrogens is 257 g/mol. The summed E-state index contributed by atoms with van der Waals surface area (Å²) in [5.74, 6) is -3.05. The van der Waals surface area contributed by atoms with E-state index in [1.165, 1.54) is 25.1 Å².